The summed E-state index contributed by atoms with van der Waals surface area (Å²) in [5.74, 6) is 1.44. The van der Waals surface area contributed by atoms with Gasteiger partial charge in [-0.2, -0.15) is 0 Å². The summed E-state index contributed by atoms with van der Waals surface area (Å²) < 4.78 is 11.6. The molecule has 1 aromatic carbocycles. The van der Waals surface area contributed by atoms with Crippen LogP contribution in [0.1, 0.15) is 11.5 Å². The fourth-order valence-corrected chi connectivity index (χ4v) is 2.17. The van der Waals surface area contributed by atoms with Crippen LogP contribution in [0.4, 0.5) is 0 Å². The third-order valence-electron chi connectivity index (χ3n) is 3.13. The lowest BCUT2D eigenvalue weighted by molar-refractivity contribution is 0.313. The average molecular weight is 268 g/mol. The van der Waals surface area contributed by atoms with Gasteiger partial charge < -0.3 is 14.9 Å². The summed E-state index contributed by atoms with van der Waals surface area (Å²) >= 11 is 0. The first-order chi connectivity index (χ1) is 9.88. The molecule has 0 aliphatic rings. The van der Waals surface area contributed by atoms with Gasteiger partial charge in [-0.3, -0.25) is 4.98 Å². The molecule has 2 aromatic heterocycles. The molecule has 0 aliphatic carbocycles. The molecule has 0 bridgehead atoms. The van der Waals surface area contributed by atoms with E-state index >= 15 is 0 Å². The monoisotopic (exact) mass is 268 g/mol. The molecular formula is C16H16N2O2. The van der Waals surface area contributed by atoms with Gasteiger partial charge in [-0.25, -0.2) is 0 Å². The van der Waals surface area contributed by atoms with Gasteiger partial charge in [0.2, 0.25) is 0 Å². The minimum atomic E-state index is 0.327. The van der Waals surface area contributed by atoms with Gasteiger partial charge in [0.15, 0.2) is 11.5 Å². The highest BCUT2D eigenvalue weighted by molar-refractivity contribution is 5.85. The largest absolute Gasteiger partial charge is 0.489 e. The molecule has 0 atom stereocenters. The Morgan fingerprint density at radius 1 is 1.10 bits per heavy atom. The molecule has 0 aliphatic heterocycles. The van der Waals surface area contributed by atoms with Crippen LogP contribution in [-0.2, 0) is 13.0 Å². The van der Waals surface area contributed by atoms with Gasteiger partial charge in [-0.05, 0) is 24.3 Å². The van der Waals surface area contributed by atoms with E-state index in [-0.39, 0.29) is 0 Å². The second-order valence-corrected chi connectivity index (χ2v) is 4.47. The van der Waals surface area contributed by atoms with Gasteiger partial charge in [0.1, 0.15) is 5.58 Å². The maximum absolute atomic E-state index is 5.87. The predicted molar refractivity (Wildman–Crippen MR) is 77.5 cm³/mol. The number of pyridine rings is 1. The topological polar surface area (TPSA) is 61.3 Å². The van der Waals surface area contributed by atoms with Gasteiger partial charge in [-0.1, -0.05) is 18.2 Å². The molecule has 102 valence electrons. The van der Waals surface area contributed by atoms with E-state index in [9.17, 15) is 0 Å². The highest BCUT2D eigenvalue weighted by Crippen LogP contribution is 2.32. The summed E-state index contributed by atoms with van der Waals surface area (Å²) in [6.07, 6.45) is 2.54. The Morgan fingerprint density at radius 2 is 1.95 bits per heavy atom. The summed E-state index contributed by atoms with van der Waals surface area (Å²) in [5.41, 5.74) is 7.53. The molecule has 3 aromatic rings. The number of fused-ring (bicyclic) bond motifs is 1. The molecule has 0 amide bonds. The number of nitrogens with two attached hydrogens (primary N) is 1. The smallest absolute Gasteiger partial charge is 0.169 e. The number of nitrogens with zero attached hydrogens (tertiary/aromatic N) is 1. The number of para-hydroxylation sites is 1. The number of hydrogen-bond donors (Lipinski definition) is 1. The molecule has 0 radical (unpaired) electrons. The van der Waals surface area contributed by atoms with Crippen molar-refractivity contribution in [3.05, 3.63) is 60.1 Å². The van der Waals surface area contributed by atoms with Crippen molar-refractivity contribution in [2.24, 2.45) is 5.73 Å². The number of rotatable bonds is 5. The maximum Gasteiger partial charge on any atom is 0.169 e. The minimum absolute atomic E-state index is 0.327. The fraction of sp³-hybridized carbons (Fsp3) is 0.188. The van der Waals surface area contributed by atoms with E-state index in [1.165, 1.54) is 0 Å². The lowest BCUT2D eigenvalue weighted by Gasteiger charge is -2.05. The summed E-state index contributed by atoms with van der Waals surface area (Å²) in [5, 5.41) is 0.967. The van der Waals surface area contributed by atoms with E-state index in [2.05, 4.69) is 4.98 Å². The highest BCUT2D eigenvalue weighted by Gasteiger charge is 2.13. The van der Waals surface area contributed by atoms with Gasteiger partial charge >= 0.3 is 0 Å². The van der Waals surface area contributed by atoms with Crippen molar-refractivity contribution in [2.45, 2.75) is 13.0 Å². The van der Waals surface area contributed by atoms with Crippen LogP contribution in [0.3, 0.4) is 0 Å². The average Bonchev–Trinajstić information content (AvgIpc) is 2.87. The molecule has 4 nitrogen and oxygen atoms in total. The summed E-state index contributed by atoms with van der Waals surface area (Å²) in [6, 6.07) is 13.7. The van der Waals surface area contributed by atoms with Crippen LogP contribution in [0.25, 0.3) is 11.0 Å². The molecule has 0 saturated heterocycles. The second kappa shape index (κ2) is 5.75. The zero-order chi connectivity index (χ0) is 13.8. The third-order valence-corrected chi connectivity index (χ3v) is 3.13. The van der Waals surface area contributed by atoms with Crippen molar-refractivity contribution in [1.82, 2.24) is 4.98 Å². The van der Waals surface area contributed by atoms with Crippen molar-refractivity contribution in [1.29, 1.82) is 0 Å². The Bertz CT molecular complexity index is 692. The molecule has 2 heterocycles. The summed E-state index contributed by atoms with van der Waals surface area (Å²) in [6.45, 7) is 0.876. The van der Waals surface area contributed by atoms with Crippen LogP contribution in [-0.4, -0.2) is 11.6 Å². The van der Waals surface area contributed by atoms with Gasteiger partial charge in [-0.15, -0.1) is 0 Å². The number of furan rings is 1. The lowest BCUT2D eigenvalue weighted by Crippen LogP contribution is -2.05. The molecule has 0 saturated carbocycles. The molecule has 0 fully saturated rings. The zero-order valence-corrected chi connectivity index (χ0v) is 11.1. The van der Waals surface area contributed by atoms with Crippen LogP contribution >= 0.6 is 0 Å². The van der Waals surface area contributed by atoms with E-state index in [0.29, 0.717) is 18.9 Å². The molecule has 20 heavy (non-hydrogen) atoms. The summed E-state index contributed by atoms with van der Waals surface area (Å²) in [7, 11) is 0. The highest BCUT2D eigenvalue weighted by atomic mass is 16.5. The molecule has 2 N–H and O–H groups in total. The van der Waals surface area contributed by atoms with E-state index in [1.807, 2.05) is 42.5 Å². The van der Waals surface area contributed by atoms with E-state index in [0.717, 1.165) is 28.8 Å². The summed E-state index contributed by atoms with van der Waals surface area (Å²) in [4.78, 5) is 4.27. The maximum atomic E-state index is 5.87. The Morgan fingerprint density at radius 3 is 2.75 bits per heavy atom. The molecule has 4 heteroatoms. The van der Waals surface area contributed by atoms with Crippen molar-refractivity contribution in [3.8, 4) is 5.75 Å². The first-order valence-corrected chi connectivity index (χ1v) is 6.61. The van der Waals surface area contributed by atoms with Crippen LogP contribution in [0, 0.1) is 0 Å². The predicted octanol–water partition coefficient (Wildman–Crippen LogP) is 2.91. The standard InChI is InChI=1S/C16H16N2O2/c17-11-15-16(13-6-1-2-7-14(13)20-15)19-10-8-12-5-3-4-9-18-12/h1-7,9H,8,10-11,17H2. The zero-order valence-electron chi connectivity index (χ0n) is 11.1. The Kier molecular flexibility index (Phi) is 3.65. The Labute approximate surface area is 117 Å². The van der Waals surface area contributed by atoms with E-state index in [1.54, 1.807) is 6.20 Å². The van der Waals surface area contributed by atoms with E-state index < -0.39 is 0 Å². The molecule has 0 unspecified atom stereocenters. The van der Waals surface area contributed by atoms with Crippen molar-refractivity contribution in [3.63, 3.8) is 0 Å². The van der Waals surface area contributed by atoms with Crippen molar-refractivity contribution >= 4 is 11.0 Å². The Hall–Kier alpha value is -2.33. The minimum Gasteiger partial charge on any atom is -0.489 e. The SMILES string of the molecule is NCc1oc2ccccc2c1OCCc1ccccn1. The number of benzene rings is 1. The van der Waals surface area contributed by atoms with E-state index in [4.69, 9.17) is 14.9 Å². The third kappa shape index (κ3) is 2.51. The van der Waals surface area contributed by atoms with Crippen molar-refractivity contribution < 1.29 is 9.15 Å². The van der Waals surface area contributed by atoms with Gasteiger partial charge in [0.25, 0.3) is 0 Å². The van der Waals surface area contributed by atoms with Crippen LogP contribution in [0.2, 0.25) is 0 Å². The first-order valence-electron chi connectivity index (χ1n) is 6.61. The normalized spacial score (nSPS) is 10.8. The van der Waals surface area contributed by atoms with Gasteiger partial charge in [0.05, 0.1) is 18.5 Å². The van der Waals surface area contributed by atoms with Crippen molar-refractivity contribution in [2.75, 3.05) is 6.61 Å². The number of hydrogen-bond acceptors (Lipinski definition) is 4. The lowest BCUT2D eigenvalue weighted by atomic mass is 10.2. The molecule has 3 rings (SSSR count). The van der Waals surface area contributed by atoms with Crippen LogP contribution < -0.4 is 10.5 Å². The first kappa shape index (κ1) is 12.7. The molecule has 0 spiro atoms. The second-order valence-electron chi connectivity index (χ2n) is 4.47. The van der Waals surface area contributed by atoms with Crippen LogP contribution in [0.5, 0.6) is 5.75 Å². The number of ether oxygens (including phenoxy) is 1. The molecular weight excluding hydrogens is 252 g/mol. The fourth-order valence-electron chi connectivity index (χ4n) is 2.17. The van der Waals surface area contributed by atoms with Gasteiger partial charge in [0, 0.05) is 18.3 Å². The quantitative estimate of drug-likeness (QED) is 0.773. The Balaban J connectivity index is 1.77. The number of aromatic nitrogens is 1. The van der Waals surface area contributed by atoms with Crippen LogP contribution in [0.15, 0.2) is 53.1 Å².